The number of rotatable bonds is 3. The summed E-state index contributed by atoms with van der Waals surface area (Å²) in [5, 5.41) is 8.64. The highest BCUT2D eigenvalue weighted by molar-refractivity contribution is 9.10. The number of hydrogen-bond acceptors (Lipinski definition) is 2. The van der Waals surface area contributed by atoms with Crippen LogP contribution >= 0.6 is 50.7 Å². The first-order valence-corrected chi connectivity index (χ1v) is 5.84. The summed E-state index contributed by atoms with van der Waals surface area (Å²) < 4.78 is 5.92. The summed E-state index contributed by atoms with van der Waals surface area (Å²) >= 11 is 20.5. The van der Waals surface area contributed by atoms with Gasteiger partial charge in [-0.05, 0) is 22.0 Å². The van der Waals surface area contributed by atoms with Gasteiger partial charge in [0.05, 0.1) is 16.1 Å². The first kappa shape index (κ1) is 12.9. The standard InChI is InChI=1S/C9H5BrCl3NO/c10-6-1-8(13)9(2-7(6)12)15-4-5(11)3-14/h1-2,5H,4H2. The average molecular weight is 329 g/mol. The quantitative estimate of drug-likeness (QED) is 0.613. The van der Waals surface area contributed by atoms with Gasteiger partial charge >= 0.3 is 0 Å². The Morgan fingerprint density at radius 2 is 2.07 bits per heavy atom. The number of ether oxygens (including phenoxy) is 1. The molecule has 1 atom stereocenters. The van der Waals surface area contributed by atoms with E-state index in [1.54, 1.807) is 12.1 Å². The lowest BCUT2D eigenvalue weighted by molar-refractivity contribution is 0.329. The van der Waals surface area contributed by atoms with E-state index in [1.165, 1.54) is 0 Å². The summed E-state index contributed by atoms with van der Waals surface area (Å²) in [5.41, 5.74) is 0. The third-order valence-electron chi connectivity index (χ3n) is 1.50. The van der Waals surface area contributed by atoms with Gasteiger partial charge in [0, 0.05) is 10.5 Å². The molecule has 0 heterocycles. The van der Waals surface area contributed by atoms with Gasteiger partial charge < -0.3 is 4.74 Å². The normalized spacial score (nSPS) is 11.9. The Hall–Kier alpha value is -0.140. The summed E-state index contributed by atoms with van der Waals surface area (Å²) in [6, 6.07) is 5.02. The molecule has 0 N–H and O–H groups in total. The minimum absolute atomic E-state index is 0.0652. The van der Waals surface area contributed by atoms with Crippen LogP contribution < -0.4 is 4.74 Å². The molecule has 15 heavy (non-hydrogen) atoms. The van der Waals surface area contributed by atoms with Crippen molar-refractivity contribution >= 4 is 50.7 Å². The molecule has 1 aromatic rings. The van der Waals surface area contributed by atoms with Gasteiger partial charge in [0.1, 0.15) is 12.4 Å². The summed E-state index contributed by atoms with van der Waals surface area (Å²) in [6.07, 6.45) is 0. The highest BCUT2D eigenvalue weighted by Gasteiger charge is 2.09. The first-order valence-electron chi connectivity index (χ1n) is 3.85. The fourth-order valence-corrected chi connectivity index (χ4v) is 1.73. The van der Waals surface area contributed by atoms with E-state index in [-0.39, 0.29) is 6.61 Å². The molecular weight excluding hydrogens is 324 g/mol. The van der Waals surface area contributed by atoms with Crippen molar-refractivity contribution in [2.75, 3.05) is 6.61 Å². The van der Waals surface area contributed by atoms with Gasteiger partial charge in [-0.3, -0.25) is 0 Å². The molecule has 0 aromatic heterocycles. The summed E-state index contributed by atoms with van der Waals surface area (Å²) in [6.45, 7) is 0.0652. The third-order valence-corrected chi connectivity index (χ3v) is 3.22. The molecule has 0 spiro atoms. The molecule has 1 unspecified atom stereocenters. The fraction of sp³-hybridized carbons (Fsp3) is 0.222. The van der Waals surface area contributed by atoms with Crippen molar-refractivity contribution in [3.8, 4) is 11.8 Å². The molecule has 0 fully saturated rings. The zero-order valence-corrected chi connectivity index (χ0v) is 11.2. The number of nitriles is 1. The lowest BCUT2D eigenvalue weighted by Crippen LogP contribution is -2.09. The second-order valence-electron chi connectivity index (χ2n) is 2.60. The minimum atomic E-state index is -0.705. The van der Waals surface area contributed by atoms with Crippen molar-refractivity contribution in [3.05, 3.63) is 26.7 Å². The second kappa shape index (κ2) is 5.81. The van der Waals surface area contributed by atoms with E-state index >= 15 is 0 Å². The zero-order valence-electron chi connectivity index (χ0n) is 7.31. The van der Waals surface area contributed by atoms with Gasteiger partial charge in [-0.2, -0.15) is 5.26 Å². The number of nitrogens with zero attached hydrogens (tertiary/aromatic N) is 1. The molecule has 2 nitrogen and oxygen atoms in total. The Labute approximate surface area is 111 Å². The van der Waals surface area contributed by atoms with Crippen molar-refractivity contribution in [1.29, 1.82) is 5.26 Å². The number of halogens is 4. The molecule has 0 saturated heterocycles. The maximum Gasteiger partial charge on any atom is 0.154 e. The van der Waals surface area contributed by atoms with Gasteiger partial charge in [-0.15, -0.1) is 11.6 Å². The molecule has 0 saturated carbocycles. The Morgan fingerprint density at radius 3 is 2.67 bits per heavy atom. The molecule has 0 aliphatic carbocycles. The molecule has 1 rings (SSSR count). The SMILES string of the molecule is N#CC(Cl)COc1cc(Cl)c(Br)cc1Cl. The number of alkyl halides is 1. The molecule has 0 amide bonds. The van der Waals surface area contributed by atoms with Gasteiger partial charge in [0.15, 0.2) is 5.38 Å². The number of benzene rings is 1. The van der Waals surface area contributed by atoms with Crippen LogP contribution in [-0.4, -0.2) is 12.0 Å². The Kier molecular flexibility index (Phi) is 5.01. The molecule has 0 aliphatic rings. The molecule has 0 aliphatic heterocycles. The van der Waals surface area contributed by atoms with Crippen molar-refractivity contribution in [2.45, 2.75) is 5.38 Å². The van der Waals surface area contributed by atoms with E-state index in [0.29, 0.717) is 20.3 Å². The lowest BCUT2D eigenvalue weighted by Gasteiger charge is -2.09. The smallest absolute Gasteiger partial charge is 0.154 e. The van der Waals surface area contributed by atoms with E-state index in [9.17, 15) is 0 Å². The number of hydrogen-bond donors (Lipinski definition) is 0. The van der Waals surface area contributed by atoms with E-state index in [4.69, 9.17) is 44.8 Å². The van der Waals surface area contributed by atoms with Crippen LogP contribution in [0.15, 0.2) is 16.6 Å². The van der Waals surface area contributed by atoms with Gasteiger partial charge in [-0.1, -0.05) is 23.2 Å². The molecule has 0 radical (unpaired) electrons. The Bertz CT molecular complexity index is 405. The van der Waals surface area contributed by atoms with Crippen LogP contribution in [0.5, 0.6) is 5.75 Å². The van der Waals surface area contributed by atoms with E-state index in [1.807, 2.05) is 6.07 Å². The van der Waals surface area contributed by atoms with Crippen LogP contribution in [0, 0.1) is 11.3 Å². The first-order chi connectivity index (χ1) is 7.04. The third kappa shape index (κ3) is 3.73. The van der Waals surface area contributed by atoms with Gasteiger partial charge in [0.25, 0.3) is 0 Å². The predicted molar refractivity (Wildman–Crippen MR) is 64.9 cm³/mol. The molecule has 1 aromatic carbocycles. The van der Waals surface area contributed by atoms with E-state index in [2.05, 4.69) is 15.9 Å². The molecular formula is C9H5BrCl3NO. The van der Waals surface area contributed by atoms with Gasteiger partial charge in [-0.25, -0.2) is 0 Å². The fourth-order valence-electron chi connectivity index (χ4n) is 0.815. The average Bonchev–Trinajstić information content (AvgIpc) is 2.21. The van der Waals surface area contributed by atoms with Crippen molar-refractivity contribution in [3.63, 3.8) is 0 Å². The topological polar surface area (TPSA) is 33.0 Å². The molecule has 0 bridgehead atoms. The molecule has 6 heteroatoms. The van der Waals surface area contributed by atoms with Crippen LogP contribution in [-0.2, 0) is 0 Å². The van der Waals surface area contributed by atoms with Crippen LogP contribution in [0.25, 0.3) is 0 Å². The van der Waals surface area contributed by atoms with Crippen LogP contribution in [0.3, 0.4) is 0 Å². The van der Waals surface area contributed by atoms with Crippen molar-refractivity contribution < 1.29 is 4.74 Å². The van der Waals surface area contributed by atoms with E-state index < -0.39 is 5.38 Å². The largest absolute Gasteiger partial charge is 0.489 e. The maximum atomic E-state index is 8.45. The van der Waals surface area contributed by atoms with Crippen LogP contribution in [0.4, 0.5) is 0 Å². The monoisotopic (exact) mass is 327 g/mol. The Balaban J connectivity index is 2.78. The van der Waals surface area contributed by atoms with Crippen molar-refractivity contribution in [2.24, 2.45) is 0 Å². The van der Waals surface area contributed by atoms with Crippen LogP contribution in [0.2, 0.25) is 10.0 Å². The second-order valence-corrected chi connectivity index (χ2v) is 4.80. The predicted octanol–water partition coefficient (Wildman–Crippen LogP) is 4.27. The van der Waals surface area contributed by atoms with Crippen LogP contribution in [0.1, 0.15) is 0 Å². The molecule has 80 valence electrons. The zero-order chi connectivity index (χ0) is 11.4. The summed E-state index contributed by atoms with van der Waals surface area (Å²) in [4.78, 5) is 0. The van der Waals surface area contributed by atoms with E-state index in [0.717, 1.165) is 0 Å². The highest BCUT2D eigenvalue weighted by atomic mass is 79.9. The summed E-state index contributed by atoms with van der Waals surface area (Å²) in [5.74, 6) is 0.408. The lowest BCUT2D eigenvalue weighted by atomic mass is 10.3. The maximum absolute atomic E-state index is 8.45. The Morgan fingerprint density at radius 1 is 1.40 bits per heavy atom. The highest BCUT2D eigenvalue weighted by Crippen LogP contribution is 2.34. The summed E-state index contributed by atoms with van der Waals surface area (Å²) in [7, 11) is 0. The van der Waals surface area contributed by atoms with Gasteiger partial charge in [0.2, 0.25) is 0 Å². The minimum Gasteiger partial charge on any atom is -0.489 e. The van der Waals surface area contributed by atoms with Crippen molar-refractivity contribution in [1.82, 2.24) is 0 Å².